The maximum atomic E-state index is 6.44. The predicted molar refractivity (Wildman–Crippen MR) is 349 cm³/mol. The minimum absolute atomic E-state index is 0.647. The van der Waals surface area contributed by atoms with Crippen molar-refractivity contribution in [1.29, 1.82) is 0 Å². The minimum Gasteiger partial charge on any atom is -0.456 e. The largest absolute Gasteiger partial charge is 0.456 e. The van der Waals surface area contributed by atoms with Crippen LogP contribution < -0.4 is 0 Å². The highest BCUT2D eigenvalue weighted by atomic mass is 32.1. The van der Waals surface area contributed by atoms with Crippen LogP contribution in [-0.2, 0) is 0 Å². The van der Waals surface area contributed by atoms with Crippen molar-refractivity contribution in [2.24, 2.45) is 0 Å². The molecule has 0 saturated carbocycles. The molecule has 0 unspecified atom stereocenters. The Kier molecular flexibility index (Phi) is 9.36. The van der Waals surface area contributed by atoms with Gasteiger partial charge in [-0.15, -0.1) is 11.3 Å². The summed E-state index contributed by atoms with van der Waals surface area (Å²) < 4.78 is 22.7. The van der Waals surface area contributed by atoms with Crippen molar-refractivity contribution in [2.45, 2.75) is 0 Å². The second-order valence-corrected chi connectivity index (χ2v) is 23.0. The highest BCUT2D eigenvalue weighted by Crippen LogP contribution is 2.45. The Hall–Kier alpha value is -11.1. The van der Waals surface area contributed by atoms with Crippen LogP contribution in [-0.4, -0.2) is 23.7 Å². The number of aromatic nitrogens is 5. The normalized spacial score (nSPS) is 12.3. The number of nitrogens with zero attached hydrogens (tertiary/aromatic N) is 5. The first-order chi connectivity index (χ1) is 41.6. The third kappa shape index (κ3) is 6.45. The SMILES string of the molecule is c1ccc2c(c1)oc1cccc(-n3c4ccccc4c4cc(-c5cc(-c6ccc7c(c6)c6ccccc6n7-c6cccc7oc8ccccc8c67)nc(-c6ccc7c(c6)c6ccccc6n7-c6cccc7sc8ccccc8c67)n5)ccc43)c12. The molecule has 0 bridgehead atoms. The number of furan rings is 2. The third-order valence-electron chi connectivity index (χ3n) is 17.5. The van der Waals surface area contributed by atoms with Crippen molar-refractivity contribution >= 4 is 141 Å². The van der Waals surface area contributed by atoms with Crippen LogP contribution in [0.15, 0.2) is 270 Å². The zero-order valence-corrected chi connectivity index (χ0v) is 45.6. The summed E-state index contributed by atoms with van der Waals surface area (Å²) in [6, 6.07) is 93.6. The Labute approximate surface area is 482 Å². The Morgan fingerprint density at radius 2 is 0.631 bits per heavy atom. The fraction of sp³-hybridized carbons (Fsp3) is 0. The van der Waals surface area contributed by atoms with Crippen LogP contribution in [0.4, 0.5) is 0 Å². The van der Waals surface area contributed by atoms with E-state index in [0.717, 1.165) is 143 Å². The van der Waals surface area contributed by atoms with E-state index in [4.69, 9.17) is 18.8 Å². The zero-order chi connectivity index (χ0) is 54.7. The highest BCUT2D eigenvalue weighted by molar-refractivity contribution is 7.25. The molecule has 0 saturated heterocycles. The maximum Gasteiger partial charge on any atom is 0.160 e. The van der Waals surface area contributed by atoms with E-state index < -0.39 is 0 Å². The van der Waals surface area contributed by atoms with Gasteiger partial charge in [0.25, 0.3) is 0 Å². The van der Waals surface area contributed by atoms with Crippen molar-refractivity contribution < 1.29 is 8.83 Å². The number of fused-ring (bicyclic) bond motifs is 18. The van der Waals surface area contributed by atoms with E-state index in [2.05, 4.69) is 250 Å². The van der Waals surface area contributed by atoms with Crippen LogP contribution >= 0.6 is 11.3 Å². The van der Waals surface area contributed by atoms with Gasteiger partial charge in [0.2, 0.25) is 0 Å². The van der Waals surface area contributed by atoms with Gasteiger partial charge in [0, 0.05) is 80.0 Å². The van der Waals surface area contributed by atoms with Crippen LogP contribution in [0.25, 0.3) is 180 Å². The van der Waals surface area contributed by atoms with Crippen LogP contribution in [0.1, 0.15) is 0 Å². The molecule has 0 aliphatic carbocycles. The van der Waals surface area contributed by atoms with Crippen molar-refractivity contribution in [3.8, 4) is 51.0 Å². The zero-order valence-electron chi connectivity index (χ0n) is 44.8. The Bertz CT molecular complexity index is 5430. The fourth-order valence-corrected chi connectivity index (χ4v) is 15.0. The van der Waals surface area contributed by atoms with Crippen LogP contribution in [0.5, 0.6) is 0 Å². The van der Waals surface area contributed by atoms with Crippen molar-refractivity contribution in [3.63, 3.8) is 0 Å². The van der Waals surface area contributed by atoms with Crippen molar-refractivity contribution in [2.75, 3.05) is 0 Å². The van der Waals surface area contributed by atoms with Gasteiger partial charge in [-0.1, -0.05) is 140 Å². The molecule has 0 radical (unpaired) electrons. The lowest BCUT2D eigenvalue weighted by Gasteiger charge is -2.12. The van der Waals surface area contributed by atoms with E-state index in [1.807, 2.05) is 35.6 Å². The van der Waals surface area contributed by atoms with Gasteiger partial charge in [-0.05, 0) is 121 Å². The monoisotopic (exact) mass is 1090 g/mol. The molecule has 0 N–H and O–H groups in total. The van der Waals surface area contributed by atoms with Crippen LogP contribution in [0.3, 0.4) is 0 Å². The fourth-order valence-electron chi connectivity index (χ4n) is 13.9. The molecule has 0 spiro atoms. The lowest BCUT2D eigenvalue weighted by atomic mass is 10.0. The topological polar surface area (TPSA) is 66.8 Å². The highest BCUT2D eigenvalue weighted by Gasteiger charge is 2.23. The van der Waals surface area contributed by atoms with Gasteiger partial charge in [0.15, 0.2) is 5.82 Å². The second-order valence-electron chi connectivity index (χ2n) is 22.0. The van der Waals surface area contributed by atoms with E-state index >= 15 is 0 Å². The van der Waals surface area contributed by atoms with Gasteiger partial charge in [-0.3, -0.25) is 0 Å². The summed E-state index contributed by atoms with van der Waals surface area (Å²) in [5.41, 5.74) is 18.1. The smallest absolute Gasteiger partial charge is 0.160 e. The molecule has 19 rings (SSSR count). The molecule has 0 fully saturated rings. The van der Waals surface area contributed by atoms with Gasteiger partial charge in [-0.25, -0.2) is 9.97 Å². The second kappa shape index (κ2) is 17.2. The molecule has 390 valence electrons. The Morgan fingerprint density at radius 1 is 0.262 bits per heavy atom. The lowest BCUT2D eigenvalue weighted by molar-refractivity contribution is 0.668. The molecule has 19 aromatic rings. The number of hydrogen-bond donors (Lipinski definition) is 0. The molecule has 12 aromatic carbocycles. The summed E-state index contributed by atoms with van der Waals surface area (Å²) >= 11 is 1.85. The Morgan fingerprint density at radius 3 is 1.14 bits per heavy atom. The van der Waals surface area contributed by atoms with Gasteiger partial charge in [-0.2, -0.15) is 0 Å². The predicted octanol–water partition coefficient (Wildman–Crippen LogP) is 20.9. The third-order valence-corrected chi connectivity index (χ3v) is 18.6. The standard InChI is InChI=1S/C76H43N5O2S/c1-7-22-58-47(16-1)53-40-44(34-37-61(53)79(58)64-25-13-30-69-73(64)50-19-4-10-28-67(50)82-69)56-43-57(45-35-38-62-54(41-45)48-17-2-8-23-59(48)80(62)65-26-14-31-70-74(65)51-20-5-11-29-68(51)83-70)78-76(77-56)46-36-39-63-55(42-46)49-18-3-9-24-60(49)81(63)66-27-15-33-72-75(66)52-21-6-12-32-71(52)84-72/h1-43H. The van der Waals surface area contributed by atoms with E-state index in [1.165, 1.54) is 31.2 Å². The summed E-state index contributed by atoms with van der Waals surface area (Å²) in [6.45, 7) is 0. The molecule has 0 aliphatic heterocycles. The molecule has 7 heterocycles. The Balaban J connectivity index is 0.834. The van der Waals surface area contributed by atoms with Crippen LogP contribution in [0, 0.1) is 0 Å². The number of para-hydroxylation sites is 5. The van der Waals surface area contributed by atoms with Gasteiger partial charge in [0.1, 0.15) is 22.3 Å². The molecule has 8 heteroatoms. The first-order valence-electron chi connectivity index (χ1n) is 28.4. The van der Waals surface area contributed by atoms with E-state index in [0.29, 0.717) is 5.82 Å². The molecule has 0 amide bonds. The van der Waals surface area contributed by atoms with E-state index in [9.17, 15) is 0 Å². The number of rotatable bonds is 6. The minimum atomic E-state index is 0.647. The summed E-state index contributed by atoms with van der Waals surface area (Å²) in [6.07, 6.45) is 0. The molecule has 0 aliphatic rings. The molecule has 84 heavy (non-hydrogen) atoms. The molecular weight excluding hydrogens is 1050 g/mol. The van der Waals surface area contributed by atoms with Crippen molar-refractivity contribution in [3.05, 3.63) is 261 Å². The van der Waals surface area contributed by atoms with Crippen molar-refractivity contribution in [1.82, 2.24) is 23.7 Å². The molecule has 7 aromatic heterocycles. The maximum absolute atomic E-state index is 6.44. The first kappa shape index (κ1) is 45.6. The average molecular weight is 1090 g/mol. The summed E-state index contributed by atoms with van der Waals surface area (Å²) in [4.78, 5) is 11.2. The summed E-state index contributed by atoms with van der Waals surface area (Å²) in [5, 5.41) is 13.8. The quantitative estimate of drug-likeness (QED) is 0.166. The lowest BCUT2D eigenvalue weighted by Crippen LogP contribution is -1.97. The van der Waals surface area contributed by atoms with E-state index in [-0.39, 0.29) is 0 Å². The van der Waals surface area contributed by atoms with E-state index in [1.54, 1.807) is 0 Å². The van der Waals surface area contributed by atoms with Gasteiger partial charge >= 0.3 is 0 Å². The molecule has 0 atom stereocenters. The number of hydrogen-bond acceptors (Lipinski definition) is 5. The average Bonchev–Trinajstić information content (AvgIpc) is 2.44. The van der Waals surface area contributed by atoms with Crippen LogP contribution in [0.2, 0.25) is 0 Å². The number of benzene rings is 12. The number of thiophene rings is 1. The summed E-state index contributed by atoms with van der Waals surface area (Å²) in [7, 11) is 0. The molecule has 7 nitrogen and oxygen atoms in total. The summed E-state index contributed by atoms with van der Waals surface area (Å²) in [5.74, 6) is 0.647. The first-order valence-corrected chi connectivity index (χ1v) is 29.2. The van der Waals surface area contributed by atoms with Gasteiger partial charge in [0.05, 0.1) is 72.3 Å². The molecular formula is C76H43N5O2S. The van der Waals surface area contributed by atoms with Gasteiger partial charge < -0.3 is 22.5 Å².